The fraction of sp³-hybridized carbons (Fsp3) is 0.611. The summed E-state index contributed by atoms with van der Waals surface area (Å²) in [5.74, 6) is 0.885. The van der Waals surface area contributed by atoms with Gasteiger partial charge in [0.1, 0.15) is 0 Å². The van der Waals surface area contributed by atoms with Gasteiger partial charge >= 0.3 is 0 Å². The van der Waals surface area contributed by atoms with Crippen molar-refractivity contribution >= 4 is 17.3 Å². The van der Waals surface area contributed by atoms with Crippen molar-refractivity contribution in [2.45, 2.75) is 45.1 Å². The van der Waals surface area contributed by atoms with Gasteiger partial charge in [0.15, 0.2) is 0 Å². The van der Waals surface area contributed by atoms with Gasteiger partial charge in [-0.05, 0) is 56.7 Å². The predicted octanol–water partition coefficient (Wildman–Crippen LogP) is 2.99. The molecule has 3 rings (SSSR count). The molecule has 1 saturated carbocycles. The standard InChI is InChI=1S/C18H25N3O3/c1-13-3-5-15(6-4-13)19(2)12-18(22)20-10-9-14-11-16(21(23)24)7-8-17(14)20/h7-8,11,13,15H,3-6,9-10,12H2,1-2H3. The Bertz CT molecular complexity index is 638. The van der Waals surface area contributed by atoms with Crippen LogP contribution in [0.1, 0.15) is 38.2 Å². The number of nitro groups is 1. The molecule has 0 aromatic heterocycles. The van der Waals surface area contributed by atoms with Crippen molar-refractivity contribution in [1.29, 1.82) is 0 Å². The van der Waals surface area contributed by atoms with E-state index in [9.17, 15) is 14.9 Å². The Hall–Kier alpha value is -1.95. The highest BCUT2D eigenvalue weighted by molar-refractivity contribution is 5.97. The molecule has 0 spiro atoms. The van der Waals surface area contributed by atoms with Crippen LogP contribution in [0.4, 0.5) is 11.4 Å². The largest absolute Gasteiger partial charge is 0.311 e. The lowest BCUT2D eigenvalue weighted by Crippen LogP contribution is -2.43. The minimum absolute atomic E-state index is 0.0868. The van der Waals surface area contributed by atoms with Crippen LogP contribution in [0.2, 0.25) is 0 Å². The van der Waals surface area contributed by atoms with Gasteiger partial charge in [-0.2, -0.15) is 0 Å². The summed E-state index contributed by atoms with van der Waals surface area (Å²) < 4.78 is 0. The molecule has 1 amide bonds. The van der Waals surface area contributed by atoms with Gasteiger partial charge in [-0.3, -0.25) is 19.8 Å². The van der Waals surface area contributed by atoms with Gasteiger partial charge < -0.3 is 4.90 Å². The van der Waals surface area contributed by atoms with E-state index in [1.165, 1.54) is 18.9 Å². The first-order chi connectivity index (χ1) is 11.5. The van der Waals surface area contributed by atoms with Crippen LogP contribution in [0.5, 0.6) is 0 Å². The number of rotatable bonds is 4. The summed E-state index contributed by atoms with van der Waals surface area (Å²) >= 11 is 0. The Balaban J connectivity index is 1.64. The number of likely N-dealkylation sites (N-methyl/N-ethyl adjacent to an activating group) is 1. The Morgan fingerprint density at radius 2 is 2.04 bits per heavy atom. The van der Waals surface area contributed by atoms with Crippen molar-refractivity contribution in [3.8, 4) is 0 Å². The van der Waals surface area contributed by atoms with Crippen LogP contribution in [0.3, 0.4) is 0 Å². The minimum atomic E-state index is -0.386. The number of amides is 1. The second-order valence-corrected chi connectivity index (χ2v) is 7.19. The number of benzene rings is 1. The van der Waals surface area contributed by atoms with E-state index in [2.05, 4.69) is 11.8 Å². The van der Waals surface area contributed by atoms with Crippen molar-refractivity contribution in [2.24, 2.45) is 5.92 Å². The van der Waals surface area contributed by atoms with Crippen LogP contribution >= 0.6 is 0 Å². The number of hydrogen-bond donors (Lipinski definition) is 0. The molecule has 1 aromatic carbocycles. The van der Waals surface area contributed by atoms with Crippen LogP contribution in [0.25, 0.3) is 0 Å². The first-order valence-corrected chi connectivity index (χ1v) is 8.73. The molecule has 1 aliphatic heterocycles. The number of hydrogen-bond acceptors (Lipinski definition) is 4. The number of non-ortho nitro benzene ring substituents is 1. The van der Waals surface area contributed by atoms with E-state index in [1.54, 1.807) is 17.0 Å². The fourth-order valence-electron chi connectivity index (χ4n) is 3.87. The van der Waals surface area contributed by atoms with E-state index in [0.29, 0.717) is 25.6 Å². The van der Waals surface area contributed by atoms with Crippen LogP contribution in [-0.2, 0) is 11.2 Å². The monoisotopic (exact) mass is 331 g/mol. The normalized spacial score (nSPS) is 23.4. The maximum atomic E-state index is 12.7. The third-order valence-electron chi connectivity index (χ3n) is 5.46. The number of anilines is 1. The predicted molar refractivity (Wildman–Crippen MR) is 93.2 cm³/mol. The van der Waals surface area contributed by atoms with Gasteiger partial charge in [0, 0.05) is 30.4 Å². The van der Waals surface area contributed by atoms with E-state index in [4.69, 9.17) is 0 Å². The molecule has 6 heteroatoms. The minimum Gasteiger partial charge on any atom is -0.311 e. The molecule has 24 heavy (non-hydrogen) atoms. The van der Waals surface area contributed by atoms with Crippen LogP contribution < -0.4 is 4.90 Å². The summed E-state index contributed by atoms with van der Waals surface area (Å²) in [6.45, 7) is 3.32. The molecule has 6 nitrogen and oxygen atoms in total. The Labute approximate surface area is 142 Å². The summed E-state index contributed by atoms with van der Waals surface area (Å²) in [6.07, 6.45) is 5.48. The molecule has 1 heterocycles. The third-order valence-corrected chi connectivity index (χ3v) is 5.46. The zero-order valence-electron chi connectivity index (χ0n) is 14.4. The number of nitro benzene ring substituents is 1. The average Bonchev–Trinajstić information content (AvgIpc) is 2.98. The summed E-state index contributed by atoms with van der Waals surface area (Å²) in [6, 6.07) is 5.27. The lowest BCUT2D eigenvalue weighted by atomic mass is 9.87. The van der Waals surface area contributed by atoms with E-state index < -0.39 is 0 Å². The number of nitrogens with zero attached hydrogens (tertiary/aromatic N) is 3. The van der Waals surface area contributed by atoms with E-state index in [1.807, 2.05) is 7.05 Å². The SMILES string of the molecule is CC1CCC(N(C)CC(=O)N2CCc3cc([N+](=O)[O-])ccc32)CC1. The molecule has 1 fully saturated rings. The molecule has 1 aromatic rings. The zero-order valence-corrected chi connectivity index (χ0v) is 14.4. The molecule has 0 unspecified atom stereocenters. The fourth-order valence-corrected chi connectivity index (χ4v) is 3.87. The van der Waals surface area contributed by atoms with Crippen molar-refractivity contribution in [1.82, 2.24) is 4.90 Å². The quantitative estimate of drug-likeness (QED) is 0.628. The van der Waals surface area contributed by atoms with E-state index >= 15 is 0 Å². The second-order valence-electron chi connectivity index (χ2n) is 7.19. The first kappa shape index (κ1) is 16.9. The van der Waals surface area contributed by atoms with Crippen LogP contribution in [-0.4, -0.2) is 41.9 Å². The summed E-state index contributed by atoms with van der Waals surface area (Å²) in [4.78, 5) is 27.1. The highest BCUT2D eigenvalue weighted by Crippen LogP contribution is 2.32. The van der Waals surface area contributed by atoms with Gasteiger partial charge in [-0.1, -0.05) is 6.92 Å². The Morgan fingerprint density at radius 3 is 2.71 bits per heavy atom. The zero-order chi connectivity index (χ0) is 17.3. The first-order valence-electron chi connectivity index (χ1n) is 8.73. The van der Waals surface area contributed by atoms with Crippen molar-refractivity contribution in [3.05, 3.63) is 33.9 Å². The van der Waals surface area contributed by atoms with Crippen LogP contribution in [0, 0.1) is 16.0 Å². The molecular formula is C18H25N3O3. The molecule has 0 bridgehead atoms. The highest BCUT2D eigenvalue weighted by atomic mass is 16.6. The third kappa shape index (κ3) is 3.43. The van der Waals surface area contributed by atoms with Crippen molar-refractivity contribution < 1.29 is 9.72 Å². The molecule has 0 radical (unpaired) electrons. The topological polar surface area (TPSA) is 66.7 Å². The molecule has 0 atom stereocenters. The van der Waals surface area contributed by atoms with Gasteiger partial charge in [-0.25, -0.2) is 0 Å². The Morgan fingerprint density at radius 1 is 1.33 bits per heavy atom. The lowest BCUT2D eigenvalue weighted by molar-refractivity contribution is -0.384. The lowest BCUT2D eigenvalue weighted by Gasteiger charge is -2.34. The van der Waals surface area contributed by atoms with Gasteiger partial charge in [0.2, 0.25) is 5.91 Å². The molecule has 0 saturated heterocycles. The smallest absolute Gasteiger partial charge is 0.269 e. The van der Waals surface area contributed by atoms with Crippen molar-refractivity contribution in [2.75, 3.05) is 25.0 Å². The van der Waals surface area contributed by atoms with Gasteiger partial charge in [0.05, 0.1) is 11.5 Å². The number of fused-ring (bicyclic) bond motifs is 1. The average molecular weight is 331 g/mol. The van der Waals surface area contributed by atoms with Crippen LogP contribution in [0.15, 0.2) is 18.2 Å². The summed E-state index contributed by atoms with van der Waals surface area (Å²) in [7, 11) is 2.03. The number of carbonyl (C=O) groups is 1. The Kier molecular flexibility index (Phi) is 4.85. The molecule has 2 aliphatic rings. The summed E-state index contributed by atoms with van der Waals surface area (Å²) in [5.41, 5.74) is 1.82. The number of carbonyl (C=O) groups excluding carboxylic acids is 1. The summed E-state index contributed by atoms with van der Waals surface area (Å²) in [5, 5.41) is 10.9. The molecule has 0 N–H and O–H groups in total. The van der Waals surface area contributed by atoms with Gasteiger partial charge in [0.25, 0.3) is 5.69 Å². The molecule has 1 aliphatic carbocycles. The maximum Gasteiger partial charge on any atom is 0.269 e. The molecular weight excluding hydrogens is 306 g/mol. The van der Waals surface area contributed by atoms with E-state index in [0.717, 1.165) is 30.0 Å². The molecule has 130 valence electrons. The van der Waals surface area contributed by atoms with Gasteiger partial charge in [-0.15, -0.1) is 0 Å². The van der Waals surface area contributed by atoms with Crippen molar-refractivity contribution in [3.63, 3.8) is 0 Å². The van der Waals surface area contributed by atoms with E-state index in [-0.39, 0.29) is 16.5 Å². The second kappa shape index (κ2) is 6.89. The highest BCUT2D eigenvalue weighted by Gasteiger charge is 2.29. The maximum absolute atomic E-state index is 12.7.